The first-order valence-electron chi connectivity index (χ1n) is 10.2. The van der Waals surface area contributed by atoms with Gasteiger partial charge in [-0.3, -0.25) is 4.98 Å². The lowest BCUT2D eigenvalue weighted by molar-refractivity contribution is 0.122. The lowest BCUT2D eigenvalue weighted by Gasteiger charge is -2.27. The summed E-state index contributed by atoms with van der Waals surface area (Å²) >= 11 is 6.06. The molecule has 1 saturated heterocycles. The topological polar surface area (TPSA) is 120 Å². The molecule has 0 amide bonds. The number of hydrogen-bond donors (Lipinski definition) is 4. The number of nitrogens with one attached hydrogen (secondary N) is 3. The smallest absolute Gasteiger partial charge is 0.232 e. The van der Waals surface area contributed by atoms with Crippen LogP contribution in [-0.4, -0.2) is 77.6 Å². The van der Waals surface area contributed by atoms with Crippen LogP contribution in [0.3, 0.4) is 0 Å². The van der Waals surface area contributed by atoms with Gasteiger partial charge in [-0.25, -0.2) is 0 Å². The summed E-state index contributed by atoms with van der Waals surface area (Å²) in [6.07, 6.45) is 1.76. The predicted molar refractivity (Wildman–Crippen MR) is 122 cm³/mol. The number of rotatable bonds is 9. The van der Waals surface area contributed by atoms with Crippen molar-refractivity contribution in [1.29, 1.82) is 0 Å². The van der Waals surface area contributed by atoms with Crippen molar-refractivity contribution in [3.8, 4) is 0 Å². The predicted octanol–water partition coefficient (Wildman–Crippen LogP) is 1.84. The molecular weight excluding hydrogens is 420 g/mol. The Kier molecular flexibility index (Phi) is 7.13. The molecule has 1 aromatic carbocycles. The highest BCUT2D eigenvalue weighted by Crippen LogP contribution is 2.24. The molecule has 31 heavy (non-hydrogen) atoms. The van der Waals surface area contributed by atoms with Crippen LogP contribution in [0.4, 0.5) is 23.5 Å². The summed E-state index contributed by atoms with van der Waals surface area (Å²) in [4.78, 5) is 19.8. The highest BCUT2D eigenvalue weighted by atomic mass is 35.5. The zero-order valence-corrected chi connectivity index (χ0v) is 17.8. The number of aromatic nitrogens is 4. The first-order valence-corrected chi connectivity index (χ1v) is 10.6. The van der Waals surface area contributed by atoms with Crippen LogP contribution >= 0.6 is 11.6 Å². The quantitative estimate of drug-likeness (QED) is 0.364. The fraction of sp³-hybridized carbons (Fsp3) is 0.400. The van der Waals surface area contributed by atoms with Gasteiger partial charge in [0.15, 0.2) is 0 Å². The van der Waals surface area contributed by atoms with Crippen molar-refractivity contribution in [2.75, 3.05) is 73.4 Å². The fourth-order valence-electron chi connectivity index (χ4n) is 3.24. The van der Waals surface area contributed by atoms with E-state index < -0.39 is 0 Å². The van der Waals surface area contributed by atoms with E-state index in [4.69, 9.17) is 21.4 Å². The number of aliphatic hydroxyl groups excluding tert-OH is 1. The van der Waals surface area contributed by atoms with E-state index in [1.807, 2.05) is 24.3 Å². The summed E-state index contributed by atoms with van der Waals surface area (Å²) in [7, 11) is 0. The summed E-state index contributed by atoms with van der Waals surface area (Å²) in [6.45, 7) is 4.35. The molecule has 4 rings (SSSR count). The van der Waals surface area contributed by atoms with E-state index in [9.17, 15) is 0 Å². The van der Waals surface area contributed by atoms with E-state index in [1.54, 1.807) is 6.20 Å². The minimum atomic E-state index is -0.00362. The van der Waals surface area contributed by atoms with Gasteiger partial charge >= 0.3 is 0 Å². The fourth-order valence-corrected chi connectivity index (χ4v) is 3.41. The average Bonchev–Trinajstić information content (AvgIpc) is 2.81. The second kappa shape index (κ2) is 10.4. The van der Waals surface area contributed by atoms with Crippen LogP contribution in [-0.2, 0) is 4.74 Å². The molecule has 1 aliphatic rings. The molecule has 1 aliphatic heterocycles. The number of nitrogens with zero attached hydrogens (tertiary/aromatic N) is 5. The van der Waals surface area contributed by atoms with Crippen LogP contribution in [0.25, 0.3) is 10.9 Å². The first kappa shape index (κ1) is 21.3. The van der Waals surface area contributed by atoms with Crippen LogP contribution in [0.2, 0.25) is 5.02 Å². The van der Waals surface area contributed by atoms with Crippen molar-refractivity contribution in [2.24, 2.45) is 0 Å². The van der Waals surface area contributed by atoms with E-state index in [0.717, 1.165) is 29.7 Å². The summed E-state index contributed by atoms with van der Waals surface area (Å²) < 4.78 is 5.41. The number of benzene rings is 1. The van der Waals surface area contributed by atoms with Gasteiger partial charge in [0, 0.05) is 55.0 Å². The van der Waals surface area contributed by atoms with Crippen LogP contribution in [0.5, 0.6) is 0 Å². The summed E-state index contributed by atoms with van der Waals surface area (Å²) in [6, 6.07) is 7.60. The van der Waals surface area contributed by atoms with E-state index in [-0.39, 0.29) is 6.61 Å². The largest absolute Gasteiger partial charge is 0.395 e. The van der Waals surface area contributed by atoms with Crippen molar-refractivity contribution in [2.45, 2.75) is 0 Å². The van der Waals surface area contributed by atoms with Gasteiger partial charge < -0.3 is 30.7 Å². The van der Waals surface area contributed by atoms with Gasteiger partial charge in [0.2, 0.25) is 17.8 Å². The molecule has 164 valence electrons. The van der Waals surface area contributed by atoms with Crippen LogP contribution in [0, 0.1) is 0 Å². The maximum atomic E-state index is 9.09. The molecule has 10 nitrogen and oxygen atoms in total. The standard InChI is InChI=1S/C20H25ClN8O2/c21-14-1-2-15-16(3-4-22-17(15)13-14)23-5-6-24-18-26-19(25-7-10-30)28-20(27-18)29-8-11-31-12-9-29/h1-4,13,30H,5-12H2,(H,22,23)(H2,24,25,26,27,28). The number of anilines is 4. The third-order valence-corrected chi connectivity index (χ3v) is 4.98. The highest BCUT2D eigenvalue weighted by Gasteiger charge is 2.16. The zero-order valence-electron chi connectivity index (χ0n) is 17.0. The van der Waals surface area contributed by atoms with Gasteiger partial charge in [-0.05, 0) is 24.3 Å². The first-order chi connectivity index (χ1) is 15.2. The average molecular weight is 445 g/mol. The molecule has 0 aliphatic carbocycles. The molecule has 0 bridgehead atoms. The molecule has 3 heterocycles. The molecule has 0 saturated carbocycles. The van der Waals surface area contributed by atoms with Crippen molar-refractivity contribution in [3.05, 3.63) is 35.5 Å². The number of ether oxygens (including phenoxy) is 1. The van der Waals surface area contributed by atoms with Gasteiger partial charge in [0.1, 0.15) is 0 Å². The normalized spacial score (nSPS) is 13.9. The zero-order chi connectivity index (χ0) is 21.5. The molecule has 0 spiro atoms. The molecule has 0 atom stereocenters. The lowest BCUT2D eigenvalue weighted by atomic mass is 10.2. The van der Waals surface area contributed by atoms with E-state index in [0.29, 0.717) is 55.7 Å². The second-order valence-corrected chi connectivity index (χ2v) is 7.34. The molecule has 0 radical (unpaired) electrons. The number of pyridine rings is 1. The second-order valence-electron chi connectivity index (χ2n) is 6.91. The van der Waals surface area contributed by atoms with Crippen LogP contribution in [0.15, 0.2) is 30.5 Å². The van der Waals surface area contributed by atoms with Gasteiger partial charge in [0.25, 0.3) is 0 Å². The molecular formula is C20H25ClN8O2. The molecule has 2 aromatic heterocycles. The molecule has 11 heteroatoms. The number of hydrogen-bond acceptors (Lipinski definition) is 10. The maximum absolute atomic E-state index is 9.09. The number of morpholine rings is 1. The minimum absolute atomic E-state index is 0.00362. The molecule has 0 unspecified atom stereocenters. The number of fused-ring (bicyclic) bond motifs is 1. The van der Waals surface area contributed by atoms with Crippen LogP contribution in [0.1, 0.15) is 0 Å². The molecule has 4 N–H and O–H groups in total. The Bertz CT molecular complexity index is 1020. The van der Waals surface area contributed by atoms with Gasteiger partial charge in [-0.2, -0.15) is 15.0 Å². The monoisotopic (exact) mass is 444 g/mol. The van der Waals surface area contributed by atoms with Crippen molar-refractivity contribution in [3.63, 3.8) is 0 Å². The number of halogens is 1. The Hall–Kier alpha value is -2.95. The van der Waals surface area contributed by atoms with E-state index in [1.165, 1.54) is 0 Å². The van der Waals surface area contributed by atoms with Crippen molar-refractivity contribution in [1.82, 2.24) is 19.9 Å². The van der Waals surface area contributed by atoms with E-state index in [2.05, 4.69) is 40.8 Å². The summed E-state index contributed by atoms with van der Waals surface area (Å²) in [5, 5.41) is 20.4. The minimum Gasteiger partial charge on any atom is -0.395 e. The van der Waals surface area contributed by atoms with Gasteiger partial charge in [0.05, 0.1) is 25.3 Å². The third kappa shape index (κ3) is 5.60. The van der Waals surface area contributed by atoms with Crippen molar-refractivity contribution >= 4 is 46.0 Å². The summed E-state index contributed by atoms with van der Waals surface area (Å²) in [5.41, 5.74) is 1.83. The Morgan fingerprint density at radius 2 is 1.71 bits per heavy atom. The lowest BCUT2D eigenvalue weighted by Crippen LogP contribution is -2.37. The Morgan fingerprint density at radius 1 is 0.968 bits per heavy atom. The third-order valence-electron chi connectivity index (χ3n) is 4.74. The van der Waals surface area contributed by atoms with Crippen molar-refractivity contribution < 1.29 is 9.84 Å². The highest BCUT2D eigenvalue weighted by molar-refractivity contribution is 6.31. The van der Waals surface area contributed by atoms with E-state index >= 15 is 0 Å². The maximum Gasteiger partial charge on any atom is 0.232 e. The summed E-state index contributed by atoms with van der Waals surface area (Å²) in [5.74, 6) is 1.49. The number of aliphatic hydroxyl groups is 1. The molecule has 3 aromatic rings. The Balaban J connectivity index is 1.40. The van der Waals surface area contributed by atoms with Gasteiger partial charge in [-0.15, -0.1) is 0 Å². The van der Waals surface area contributed by atoms with Gasteiger partial charge in [-0.1, -0.05) is 11.6 Å². The van der Waals surface area contributed by atoms with Crippen LogP contribution < -0.4 is 20.9 Å². The molecule has 1 fully saturated rings. The SMILES string of the molecule is OCCNc1nc(NCCNc2ccnc3cc(Cl)ccc23)nc(N2CCOCC2)n1. The Labute approximate surface area is 185 Å². The Morgan fingerprint density at radius 3 is 2.48 bits per heavy atom.